The van der Waals surface area contributed by atoms with Crippen molar-refractivity contribution in [3.05, 3.63) is 10.4 Å². The highest BCUT2D eigenvalue weighted by Gasteiger charge is 2.45. The zero-order valence-corrected chi connectivity index (χ0v) is 13.8. The smallest absolute Gasteiger partial charge is 0.350 e. The van der Waals surface area contributed by atoms with E-state index in [9.17, 15) is 4.79 Å². The Kier molecular flexibility index (Phi) is 3.64. The molecule has 0 radical (unpaired) electrons. The normalized spacial score (nSPS) is 19.6. The second-order valence-electron chi connectivity index (χ2n) is 6.72. The summed E-state index contributed by atoms with van der Waals surface area (Å²) in [5.74, 6) is 0.889. The van der Waals surface area contributed by atoms with Gasteiger partial charge in [-0.3, -0.25) is 0 Å². The van der Waals surface area contributed by atoms with E-state index in [1.54, 1.807) is 0 Å². The Bertz CT molecular complexity index is 557. The van der Waals surface area contributed by atoms with E-state index >= 15 is 0 Å². The van der Waals surface area contributed by atoms with Crippen LogP contribution in [0.1, 0.15) is 60.7 Å². The minimum Gasteiger partial charge on any atom is -0.465 e. The zero-order valence-electron chi connectivity index (χ0n) is 13.0. The van der Waals surface area contributed by atoms with Gasteiger partial charge in [0.2, 0.25) is 0 Å². The van der Waals surface area contributed by atoms with E-state index in [2.05, 4.69) is 19.2 Å². The summed E-state index contributed by atoms with van der Waals surface area (Å²) in [5, 5.41) is 4.68. The van der Waals surface area contributed by atoms with Crippen LogP contribution in [-0.4, -0.2) is 19.6 Å². The second kappa shape index (κ2) is 5.20. The zero-order chi connectivity index (χ0) is 15.2. The first-order chi connectivity index (χ1) is 9.98. The van der Waals surface area contributed by atoms with Crippen LogP contribution in [0.15, 0.2) is 0 Å². The molecule has 116 valence electrons. The highest BCUT2D eigenvalue weighted by Crippen LogP contribution is 2.54. The number of hydrogen-bond acceptors (Lipinski definition) is 5. The Labute approximate surface area is 130 Å². The lowest BCUT2D eigenvalue weighted by Gasteiger charge is -2.20. The van der Waals surface area contributed by atoms with E-state index in [0.29, 0.717) is 27.8 Å². The predicted octanol–water partition coefficient (Wildman–Crippen LogP) is 3.84. The SMILES string of the molecule is COC(=O)c1sc(NCC2(C(C)C)CC2)c(C2CC2)c1N. The third-order valence-electron chi connectivity index (χ3n) is 5.06. The van der Waals surface area contributed by atoms with Crippen molar-refractivity contribution in [2.75, 3.05) is 24.7 Å². The quantitative estimate of drug-likeness (QED) is 0.784. The topological polar surface area (TPSA) is 64.3 Å². The van der Waals surface area contributed by atoms with Crippen LogP contribution in [0.5, 0.6) is 0 Å². The molecular formula is C16H24N2O2S. The van der Waals surface area contributed by atoms with E-state index in [1.165, 1.54) is 44.1 Å². The van der Waals surface area contributed by atoms with Crippen LogP contribution in [0.3, 0.4) is 0 Å². The first-order valence-electron chi connectivity index (χ1n) is 7.73. The van der Waals surface area contributed by atoms with E-state index in [1.807, 2.05) is 0 Å². The maximum atomic E-state index is 11.8. The van der Waals surface area contributed by atoms with Crippen LogP contribution in [0.4, 0.5) is 10.7 Å². The Morgan fingerprint density at radius 3 is 2.62 bits per heavy atom. The first-order valence-corrected chi connectivity index (χ1v) is 8.54. The lowest BCUT2D eigenvalue weighted by molar-refractivity contribution is 0.0607. The number of rotatable bonds is 6. The van der Waals surface area contributed by atoms with Gasteiger partial charge in [0, 0.05) is 12.1 Å². The van der Waals surface area contributed by atoms with Crippen LogP contribution in [0.25, 0.3) is 0 Å². The van der Waals surface area contributed by atoms with Crippen molar-refractivity contribution < 1.29 is 9.53 Å². The highest BCUT2D eigenvalue weighted by molar-refractivity contribution is 7.18. The van der Waals surface area contributed by atoms with Crippen molar-refractivity contribution in [3.8, 4) is 0 Å². The average molecular weight is 308 g/mol. The van der Waals surface area contributed by atoms with Crippen molar-refractivity contribution >= 4 is 28.0 Å². The monoisotopic (exact) mass is 308 g/mol. The molecule has 2 fully saturated rings. The van der Waals surface area contributed by atoms with Gasteiger partial charge in [-0.1, -0.05) is 13.8 Å². The molecule has 0 aromatic carbocycles. The fourth-order valence-corrected chi connectivity index (χ4v) is 4.11. The molecule has 1 aromatic heterocycles. The number of methoxy groups -OCH3 is 1. The van der Waals surface area contributed by atoms with E-state index in [-0.39, 0.29) is 5.97 Å². The number of nitrogens with two attached hydrogens (primary N) is 1. The van der Waals surface area contributed by atoms with Gasteiger partial charge in [0.05, 0.1) is 17.8 Å². The third kappa shape index (κ3) is 2.63. The van der Waals surface area contributed by atoms with Gasteiger partial charge < -0.3 is 15.8 Å². The van der Waals surface area contributed by atoms with Gasteiger partial charge >= 0.3 is 5.97 Å². The van der Waals surface area contributed by atoms with Crippen LogP contribution < -0.4 is 11.1 Å². The van der Waals surface area contributed by atoms with Crippen LogP contribution in [-0.2, 0) is 4.74 Å². The summed E-state index contributed by atoms with van der Waals surface area (Å²) < 4.78 is 4.85. The van der Waals surface area contributed by atoms with Gasteiger partial charge in [-0.25, -0.2) is 4.79 Å². The number of nitrogens with one attached hydrogen (secondary N) is 1. The van der Waals surface area contributed by atoms with Gasteiger partial charge in [-0.2, -0.15) is 0 Å². The lowest BCUT2D eigenvalue weighted by atomic mass is 9.92. The summed E-state index contributed by atoms with van der Waals surface area (Å²) >= 11 is 1.46. The number of hydrogen-bond donors (Lipinski definition) is 2. The lowest BCUT2D eigenvalue weighted by Crippen LogP contribution is -2.20. The largest absolute Gasteiger partial charge is 0.465 e. The van der Waals surface area contributed by atoms with E-state index in [0.717, 1.165) is 17.1 Å². The predicted molar refractivity (Wildman–Crippen MR) is 87.0 cm³/mol. The second-order valence-corrected chi connectivity index (χ2v) is 7.74. The summed E-state index contributed by atoms with van der Waals surface area (Å²) in [5.41, 5.74) is 8.42. The van der Waals surface area contributed by atoms with Crippen molar-refractivity contribution in [2.24, 2.45) is 11.3 Å². The Morgan fingerprint density at radius 2 is 2.14 bits per heavy atom. The number of carbonyl (C=O) groups excluding carboxylic acids is 1. The molecule has 2 aliphatic carbocycles. The molecule has 4 nitrogen and oxygen atoms in total. The summed E-state index contributed by atoms with van der Waals surface area (Å²) in [6, 6.07) is 0. The van der Waals surface area contributed by atoms with Crippen LogP contribution in [0.2, 0.25) is 0 Å². The summed E-state index contributed by atoms with van der Waals surface area (Å²) in [7, 11) is 1.41. The van der Waals surface area contributed by atoms with Crippen LogP contribution in [0, 0.1) is 11.3 Å². The minimum absolute atomic E-state index is 0.322. The number of carbonyl (C=O) groups is 1. The number of nitrogen functional groups attached to an aromatic ring is 1. The Morgan fingerprint density at radius 1 is 1.48 bits per heavy atom. The van der Waals surface area contributed by atoms with Crippen molar-refractivity contribution in [3.63, 3.8) is 0 Å². The fourth-order valence-electron chi connectivity index (χ4n) is 2.98. The minimum atomic E-state index is -0.322. The average Bonchev–Trinajstić information content (AvgIpc) is 3.35. The first kappa shape index (κ1) is 14.7. The Balaban J connectivity index is 1.82. The molecule has 5 heteroatoms. The van der Waals surface area contributed by atoms with E-state index < -0.39 is 0 Å². The Hall–Kier alpha value is -1.23. The van der Waals surface area contributed by atoms with Gasteiger partial charge in [0.1, 0.15) is 4.88 Å². The number of esters is 1. The summed E-state index contributed by atoms with van der Waals surface area (Å²) in [4.78, 5) is 12.4. The maximum absolute atomic E-state index is 11.8. The van der Waals surface area contributed by atoms with E-state index in [4.69, 9.17) is 10.5 Å². The molecular weight excluding hydrogens is 284 g/mol. The van der Waals surface area contributed by atoms with Crippen molar-refractivity contribution in [2.45, 2.75) is 45.4 Å². The van der Waals surface area contributed by atoms with Crippen molar-refractivity contribution in [1.82, 2.24) is 0 Å². The standard InChI is InChI=1S/C16H24N2O2S/c1-9(2)16(6-7-16)8-18-14-11(10-4-5-10)12(17)13(21-14)15(19)20-3/h9-10,18H,4-8,17H2,1-3H3. The van der Waals surface area contributed by atoms with Gasteiger partial charge in [-0.15, -0.1) is 11.3 Å². The molecule has 1 heterocycles. The van der Waals surface area contributed by atoms with Crippen molar-refractivity contribution in [1.29, 1.82) is 0 Å². The molecule has 0 aliphatic heterocycles. The molecule has 21 heavy (non-hydrogen) atoms. The fraction of sp³-hybridized carbons (Fsp3) is 0.688. The molecule has 0 spiro atoms. The molecule has 2 aliphatic rings. The van der Waals surface area contributed by atoms with Crippen LogP contribution >= 0.6 is 11.3 Å². The molecule has 3 rings (SSSR count). The third-order valence-corrected chi connectivity index (χ3v) is 6.22. The number of thiophene rings is 1. The molecule has 0 bridgehead atoms. The maximum Gasteiger partial charge on any atom is 0.350 e. The molecule has 2 saturated carbocycles. The summed E-state index contributed by atoms with van der Waals surface area (Å²) in [6.45, 7) is 5.56. The molecule has 3 N–H and O–H groups in total. The molecule has 1 aromatic rings. The van der Waals surface area contributed by atoms with Gasteiger partial charge in [0.25, 0.3) is 0 Å². The molecule has 0 amide bonds. The van der Waals surface area contributed by atoms with Gasteiger partial charge in [0.15, 0.2) is 0 Å². The van der Waals surface area contributed by atoms with Gasteiger partial charge in [-0.05, 0) is 42.9 Å². The highest BCUT2D eigenvalue weighted by atomic mass is 32.1. The number of ether oxygens (including phenoxy) is 1. The molecule has 0 saturated heterocycles. The molecule has 0 atom stereocenters. The number of anilines is 2. The molecule has 0 unspecified atom stereocenters. The summed E-state index contributed by atoms with van der Waals surface area (Å²) in [6.07, 6.45) is 4.93.